The highest BCUT2D eigenvalue weighted by atomic mass is 32.2. The van der Waals surface area contributed by atoms with E-state index in [1.165, 1.54) is 0 Å². The Kier molecular flexibility index (Phi) is 8.11. The second-order valence-corrected chi connectivity index (χ2v) is 5.55. The first-order valence-electron chi connectivity index (χ1n) is 5.78. The first-order valence-corrected chi connectivity index (χ1v) is 7.39. The zero-order valence-electron chi connectivity index (χ0n) is 10.1. The number of carboxylic acid groups (broad SMARTS) is 1. The molecule has 0 radical (unpaired) electrons. The number of carboxylic acids is 1. The smallest absolute Gasteiger partial charge is 0.320 e. The van der Waals surface area contributed by atoms with E-state index in [2.05, 4.69) is 5.32 Å². The van der Waals surface area contributed by atoms with Gasteiger partial charge in [-0.3, -0.25) is 9.35 Å². The van der Waals surface area contributed by atoms with Crippen LogP contribution in [0.5, 0.6) is 0 Å². The van der Waals surface area contributed by atoms with Crippen molar-refractivity contribution >= 4 is 16.1 Å². The van der Waals surface area contributed by atoms with Gasteiger partial charge in [0.1, 0.15) is 6.04 Å². The Morgan fingerprint density at radius 3 is 2.41 bits per heavy atom. The maximum atomic E-state index is 10.9. The van der Waals surface area contributed by atoms with Crippen LogP contribution >= 0.6 is 0 Å². The molecule has 17 heavy (non-hydrogen) atoms. The van der Waals surface area contributed by atoms with E-state index in [-0.39, 0.29) is 18.7 Å². The van der Waals surface area contributed by atoms with E-state index in [0.717, 1.165) is 19.3 Å². The summed E-state index contributed by atoms with van der Waals surface area (Å²) in [7, 11) is -3.95. The van der Waals surface area contributed by atoms with Crippen molar-refractivity contribution < 1.29 is 22.9 Å². The average Bonchev–Trinajstić information content (AvgIpc) is 2.19. The number of nitrogens with one attached hydrogen (secondary N) is 1. The van der Waals surface area contributed by atoms with Crippen LogP contribution in [0.15, 0.2) is 0 Å². The summed E-state index contributed by atoms with van der Waals surface area (Å²) in [4.78, 5) is 10.9. The van der Waals surface area contributed by atoms with Crippen LogP contribution in [0.25, 0.3) is 0 Å². The third kappa shape index (κ3) is 10.2. The van der Waals surface area contributed by atoms with Gasteiger partial charge in [-0.05, 0) is 19.4 Å². The Balaban J connectivity index is 3.81. The fourth-order valence-corrected chi connectivity index (χ4v) is 1.95. The highest BCUT2D eigenvalue weighted by molar-refractivity contribution is 7.85. The molecule has 1 unspecified atom stereocenters. The van der Waals surface area contributed by atoms with Crippen molar-refractivity contribution in [2.45, 2.75) is 45.1 Å². The summed E-state index contributed by atoms with van der Waals surface area (Å²) in [6, 6.07) is -0.636. The maximum absolute atomic E-state index is 10.9. The molecule has 102 valence electrons. The predicted molar refractivity (Wildman–Crippen MR) is 64.6 cm³/mol. The number of rotatable bonds is 10. The van der Waals surface area contributed by atoms with Crippen molar-refractivity contribution in [3.05, 3.63) is 0 Å². The van der Waals surface area contributed by atoms with Gasteiger partial charge in [-0.1, -0.05) is 26.2 Å². The average molecular weight is 267 g/mol. The van der Waals surface area contributed by atoms with Crippen molar-refractivity contribution in [2.75, 3.05) is 12.3 Å². The first kappa shape index (κ1) is 16.3. The van der Waals surface area contributed by atoms with E-state index >= 15 is 0 Å². The molecule has 0 aromatic rings. The lowest BCUT2D eigenvalue weighted by molar-refractivity contribution is -0.139. The Morgan fingerprint density at radius 2 is 1.94 bits per heavy atom. The Labute approximate surface area is 102 Å². The van der Waals surface area contributed by atoms with E-state index in [4.69, 9.17) is 9.66 Å². The summed E-state index contributed by atoms with van der Waals surface area (Å²) >= 11 is 0. The van der Waals surface area contributed by atoms with Crippen molar-refractivity contribution in [3.8, 4) is 0 Å². The lowest BCUT2D eigenvalue weighted by atomic mass is 10.1. The second-order valence-electron chi connectivity index (χ2n) is 3.98. The van der Waals surface area contributed by atoms with Crippen molar-refractivity contribution in [2.24, 2.45) is 0 Å². The van der Waals surface area contributed by atoms with Gasteiger partial charge in [0, 0.05) is 0 Å². The summed E-state index contributed by atoms with van der Waals surface area (Å²) in [5, 5.41) is 11.7. The highest BCUT2D eigenvalue weighted by Crippen LogP contribution is 2.03. The molecule has 6 nitrogen and oxygen atoms in total. The van der Waals surface area contributed by atoms with Gasteiger partial charge in [-0.2, -0.15) is 8.42 Å². The van der Waals surface area contributed by atoms with Crippen LogP contribution < -0.4 is 5.32 Å². The van der Waals surface area contributed by atoms with E-state index in [1.54, 1.807) is 0 Å². The van der Waals surface area contributed by atoms with Crippen LogP contribution in [-0.2, 0) is 14.9 Å². The molecule has 0 aliphatic heterocycles. The van der Waals surface area contributed by atoms with Crippen LogP contribution in [0.4, 0.5) is 0 Å². The highest BCUT2D eigenvalue weighted by Gasteiger charge is 2.15. The minimum atomic E-state index is -3.95. The molecule has 0 saturated carbocycles. The van der Waals surface area contributed by atoms with Gasteiger partial charge in [-0.15, -0.1) is 0 Å². The molecule has 0 amide bonds. The van der Waals surface area contributed by atoms with Gasteiger partial charge in [0.15, 0.2) is 0 Å². The zero-order chi connectivity index (χ0) is 13.3. The lowest BCUT2D eigenvalue weighted by Gasteiger charge is -2.13. The fraction of sp³-hybridized carbons (Fsp3) is 0.900. The molecule has 0 aliphatic rings. The SMILES string of the molecule is CCCCCC(NCCCS(=O)(=O)O)C(=O)O. The van der Waals surface area contributed by atoms with Crippen LogP contribution in [0.1, 0.15) is 39.0 Å². The lowest BCUT2D eigenvalue weighted by Crippen LogP contribution is -2.37. The molecule has 0 heterocycles. The standard InChI is InChI=1S/C10H21NO5S/c1-2-3-4-6-9(10(12)13)11-7-5-8-17(14,15)16/h9,11H,2-8H2,1H3,(H,12,13)(H,14,15,16). The molecule has 0 rings (SSSR count). The molecule has 0 fully saturated rings. The van der Waals surface area contributed by atoms with Crippen LogP contribution in [0.2, 0.25) is 0 Å². The molecule has 7 heteroatoms. The molecule has 0 aromatic carbocycles. The fourth-order valence-electron chi connectivity index (χ4n) is 1.44. The van der Waals surface area contributed by atoms with E-state index in [1.807, 2.05) is 6.92 Å². The third-order valence-corrected chi connectivity index (χ3v) is 3.17. The van der Waals surface area contributed by atoms with Crippen LogP contribution in [0, 0.1) is 0 Å². The third-order valence-electron chi connectivity index (χ3n) is 2.36. The first-order chi connectivity index (χ1) is 7.87. The number of aliphatic carboxylic acids is 1. The summed E-state index contributed by atoms with van der Waals surface area (Å²) in [5.41, 5.74) is 0. The summed E-state index contributed by atoms with van der Waals surface area (Å²) in [5.74, 6) is -1.27. The van der Waals surface area contributed by atoms with E-state index in [0.29, 0.717) is 6.42 Å². The van der Waals surface area contributed by atoms with Gasteiger partial charge in [0.2, 0.25) is 0 Å². The largest absolute Gasteiger partial charge is 0.480 e. The molecular formula is C10H21NO5S. The van der Waals surface area contributed by atoms with Gasteiger partial charge in [0.05, 0.1) is 5.75 Å². The number of unbranched alkanes of at least 4 members (excludes halogenated alkanes) is 2. The summed E-state index contributed by atoms with van der Waals surface area (Å²) in [6.45, 7) is 2.30. The molecule has 3 N–H and O–H groups in total. The van der Waals surface area contributed by atoms with Gasteiger partial charge >= 0.3 is 5.97 Å². The topological polar surface area (TPSA) is 104 Å². The van der Waals surface area contributed by atoms with Crippen molar-refractivity contribution in [1.82, 2.24) is 5.32 Å². The van der Waals surface area contributed by atoms with E-state index in [9.17, 15) is 13.2 Å². The normalized spacial score (nSPS) is 13.5. The maximum Gasteiger partial charge on any atom is 0.320 e. The van der Waals surface area contributed by atoms with Crippen molar-refractivity contribution in [1.29, 1.82) is 0 Å². The molecule has 0 aromatic heterocycles. The Bertz CT molecular complexity index is 315. The number of hydrogen-bond donors (Lipinski definition) is 3. The van der Waals surface area contributed by atoms with Crippen LogP contribution in [0.3, 0.4) is 0 Å². The molecule has 0 spiro atoms. The van der Waals surface area contributed by atoms with Crippen LogP contribution in [-0.4, -0.2) is 42.4 Å². The number of carbonyl (C=O) groups is 1. The zero-order valence-corrected chi connectivity index (χ0v) is 10.9. The Hall–Kier alpha value is -0.660. The minimum absolute atomic E-state index is 0.205. The predicted octanol–water partition coefficient (Wildman–Crippen LogP) is 0.887. The van der Waals surface area contributed by atoms with Gasteiger partial charge < -0.3 is 10.4 Å². The van der Waals surface area contributed by atoms with E-state index < -0.39 is 22.1 Å². The van der Waals surface area contributed by atoms with Crippen molar-refractivity contribution in [3.63, 3.8) is 0 Å². The molecule has 0 bridgehead atoms. The molecule has 1 atom stereocenters. The monoisotopic (exact) mass is 267 g/mol. The Morgan fingerprint density at radius 1 is 1.29 bits per heavy atom. The minimum Gasteiger partial charge on any atom is -0.480 e. The molecular weight excluding hydrogens is 246 g/mol. The van der Waals surface area contributed by atoms with Gasteiger partial charge in [-0.25, -0.2) is 0 Å². The number of hydrogen-bond acceptors (Lipinski definition) is 4. The summed E-state index contributed by atoms with van der Waals surface area (Å²) in [6.07, 6.45) is 3.58. The van der Waals surface area contributed by atoms with Gasteiger partial charge in [0.25, 0.3) is 10.1 Å². The molecule has 0 aliphatic carbocycles. The quantitative estimate of drug-likeness (QED) is 0.401. The summed E-state index contributed by atoms with van der Waals surface area (Å²) < 4.78 is 29.4. The molecule has 0 saturated heterocycles. The second kappa shape index (κ2) is 8.43.